The first-order valence-electron chi connectivity index (χ1n) is 14.6. The van der Waals surface area contributed by atoms with Crippen molar-refractivity contribution in [2.45, 2.75) is 81.8 Å². The molecule has 1 aliphatic heterocycles. The molecule has 43 heavy (non-hydrogen) atoms. The highest BCUT2D eigenvalue weighted by Gasteiger charge is 2.62. The summed E-state index contributed by atoms with van der Waals surface area (Å²) in [5.74, 6) is 1.44. The lowest BCUT2D eigenvalue weighted by atomic mass is 9.97. The Hall–Kier alpha value is -2.86. The number of halogens is 3. The Kier molecular flexibility index (Phi) is 10.3. The van der Waals surface area contributed by atoms with E-state index < -0.39 is 11.6 Å². The van der Waals surface area contributed by atoms with E-state index in [0.717, 1.165) is 22.8 Å². The molecule has 1 aromatic carbocycles. The van der Waals surface area contributed by atoms with Gasteiger partial charge in [-0.1, -0.05) is 26.8 Å². The molecule has 1 aliphatic carbocycles. The summed E-state index contributed by atoms with van der Waals surface area (Å²) in [6.07, 6.45) is 0.621. The second-order valence-electron chi connectivity index (χ2n) is 11.5. The van der Waals surface area contributed by atoms with E-state index in [0.29, 0.717) is 23.1 Å². The molecule has 0 spiro atoms. The third-order valence-corrected chi connectivity index (χ3v) is 9.32. The van der Waals surface area contributed by atoms with Crippen LogP contribution in [0.5, 0.6) is 5.88 Å². The summed E-state index contributed by atoms with van der Waals surface area (Å²) in [6, 6.07) is 13.0. The van der Waals surface area contributed by atoms with E-state index in [4.69, 9.17) is 9.72 Å². The molecule has 2 fully saturated rings. The summed E-state index contributed by atoms with van der Waals surface area (Å²) in [4.78, 5) is 22.5. The molecule has 2 aliphatic rings. The number of aromatic nitrogens is 3. The average molecular weight is 636 g/mol. The van der Waals surface area contributed by atoms with Crippen LogP contribution in [0.15, 0.2) is 58.5 Å². The van der Waals surface area contributed by atoms with Gasteiger partial charge in [0.05, 0.1) is 17.6 Å². The van der Waals surface area contributed by atoms with Gasteiger partial charge in [-0.15, -0.1) is 16.9 Å². The molecule has 1 amide bonds. The van der Waals surface area contributed by atoms with Crippen LogP contribution in [0.4, 0.5) is 19.0 Å². The number of rotatable bonds is 10. The molecule has 3 aromatic rings. The molecule has 234 valence electrons. The maximum absolute atomic E-state index is 13.4. The summed E-state index contributed by atoms with van der Waals surface area (Å²) >= 11 is 2.90. The Morgan fingerprint density at radius 3 is 2.49 bits per heavy atom. The fourth-order valence-electron chi connectivity index (χ4n) is 5.42. The molecule has 0 radical (unpaired) electrons. The summed E-state index contributed by atoms with van der Waals surface area (Å²) in [7, 11) is 0. The van der Waals surface area contributed by atoms with Gasteiger partial charge >= 0.3 is 6.18 Å². The predicted molar refractivity (Wildman–Crippen MR) is 167 cm³/mol. The van der Waals surface area contributed by atoms with Crippen molar-refractivity contribution in [2.75, 3.05) is 24.3 Å². The third kappa shape index (κ3) is 7.63. The van der Waals surface area contributed by atoms with Crippen molar-refractivity contribution in [1.29, 1.82) is 0 Å². The van der Waals surface area contributed by atoms with Crippen LogP contribution >= 0.6 is 23.7 Å². The highest BCUT2D eigenvalue weighted by molar-refractivity contribution is 7.99. The van der Waals surface area contributed by atoms with Crippen molar-refractivity contribution in [3.63, 3.8) is 0 Å². The van der Waals surface area contributed by atoms with Crippen LogP contribution < -0.4 is 14.4 Å². The van der Waals surface area contributed by atoms with Gasteiger partial charge in [0.1, 0.15) is 5.82 Å². The van der Waals surface area contributed by atoms with Crippen molar-refractivity contribution >= 4 is 35.4 Å². The van der Waals surface area contributed by atoms with Crippen LogP contribution in [0.1, 0.15) is 70.7 Å². The molecule has 3 heterocycles. The smallest absolute Gasteiger partial charge is 0.394 e. The van der Waals surface area contributed by atoms with E-state index in [1.54, 1.807) is 36.2 Å². The number of thioether (sulfide) groups is 1. The van der Waals surface area contributed by atoms with Crippen LogP contribution in [-0.4, -0.2) is 51.8 Å². The van der Waals surface area contributed by atoms with E-state index in [-0.39, 0.29) is 43.2 Å². The standard InChI is InChI=1S/C29H34F3N5O2S2.C2H6/c1-19-17-27(2,3)36(18-19)25-22(26(38)35-41-21-7-5-6-20(16-21)40-4)8-9-23(33-25)37-14-10-24(34-37)39-15-13-28(11-12-28)29(30,31)32;1-2/h5-10,14,16,19H,11-13,15,17-18H2,1-4H3,(H,35,38);1-2H3. The normalized spacial score (nSPS) is 18.5. The molecule has 0 bridgehead atoms. The van der Waals surface area contributed by atoms with Crippen LogP contribution in [0, 0.1) is 11.3 Å². The van der Waals surface area contributed by atoms with Crippen molar-refractivity contribution in [1.82, 2.24) is 19.5 Å². The van der Waals surface area contributed by atoms with Gasteiger partial charge in [0.2, 0.25) is 5.88 Å². The van der Waals surface area contributed by atoms with E-state index in [9.17, 15) is 18.0 Å². The molecule has 5 rings (SSSR count). The number of nitrogens with one attached hydrogen (secondary N) is 1. The first-order chi connectivity index (χ1) is 20.4. The van der Waals surface area contributed by atoms with Gasteiger partial charge in [0.15, 0.2) is 5.82 Å². The molecule has 1 atom stereocenters. The van der Waals surface area contributed by atoms with Gasteiger partial charge in [-0.05, 0) is 94.0 Å². The Morgan fingerprint density at radius 2 is 1.86 bits per heavy atom. The fourth-order valence-corrected chi connectivity index (χ4v) is 6.61. The van der Waals surface area contributed by atoms with E-state index in [1.807, 2.05) is 44.4 Å². The third-order valence-electron chi connectivity index (χ3n) is 7.82. The second kappa shape index (κ2) is 13.4. The minimum absolute atomic E-state index is 0.0638. The molecule has 1 saturated carbocycles. The van der Waals surface area contributed by atoms with Crippen molar-refractivity contribution in [3.8, 4) is 11.7 Å². The van der Waals surface area contributed by atoms with Crippen molar-refractivity contribution in [3.05, 3.63) is 54.2 Å². The fraction of sp³-hybridized carbons (Fsp3) is 0.516. The number of alkyl halides is 3. The first-order valence-corrected chi connectivity index (χ1v) is 16.6. The number of carbonyl (C=O) groups excluding carboxylic acids is 1. The summed E-state index contributed by atoms with van der Waals surface area (Å²) in [6.45, 7) is 11.2. The molecule has 1 saturated heterocycles. The number of amides is 1. The average Bonchev–Trinajstić information content (AvgIpc) is 3.55. The molecule has 7 nitrogen and oxygen atoms in total. The zero-order valence-corrected chi connectivity index (χ0v) is 27.1. The first kappa shape index (κ1) is 33.0. The van der Waals surface area contributed by atoms with Gasteiger partial charge in [-0.25, -0.2) is 9.67 Å². The van der Waals surface area contributed by atoms with E-state index in [1.165, 1.54) is 16.6 Å². The van der Waals surface area contributed by atoms with Gasteiger partial charge in [0.25, 0.3) is 5.91 Å². The lowest BCUT2D eigenvalue weighted by Crippen LogP contribution is -2.40. The van der Waals surface area contributed by atoms with Crippen LogP contribution in [-0.2, 0) is 0 Å². The number of hydrogen-bond donors (Lipinski definition) is 1. The van der Waals surface area contributed by atoms with Crippen molar-refractivity contribution in [2.24, 2.45) is 11.3 Å². The largest absolute Gasteiger partial charge is 0.477 e. The Labute approximate surface area is 260 Å². The Balaban J connectivity index is 0.00000207. The molecule has 1 unspecified atom stereocenters. The highest BCUT2D eigenvalue weighted by Crippen LogP contribution is 2.59. The summed E-state index contributed by atoms with van der Waals surface area (Å²) < 4.78 is 49.7. The molecule has 12 heteroatoms. The SMILES string of the molecule is CC.CSc1cccc(SNC(=O)c2ccc(-n3ccc(OCCC4(C(F)(F)F)CC4)n3)nc2N2CC(C)CC2(C)C)c1. The topological polar surface area (TPSA) is 72.3 Å². The number of nitrogens with zero attached hydrogens (tertiary/aromatic N) is 4. The summed E-state index contributed by atoms with van der Waals surface area (Å²) in [5, 5.41) is 4.39. The quantitative estimate of drug-likeness (QED) is 0.178. The predicted octanol–water partition coefficient (Wildman–Crippen LogP) is 8.19. The minimum atomic E-state index is -4.21. The maximum atomic E-state index is 13.4. The number of carbonyl (C=O) groups is 1. The molecular formula is C31H40F3N5O2S2. The van der Waals surface area contributed by atoms with Crippen LogP contribution in [0.2, 0.25) is 0 Å². The molecule has 2 aromatic heterocycles. The molecular weight excluding hydrogens is 596 g/mol. The zero-order valence-electron chi connectivity index (χ0n) is 25.5. The van der Waals surface area contributed by atoms with Crippen LogP contribution in [0.25, 0.3) is 5.82 Å². The molecule has 1 N–H and O–H groups in total. The number of benzene rings is 1. The maximum Gasteiger partial charge on any atom is 0.394 e. The number of hydrogen-bond acceptors (Lipinski definition) is 7. The number of ether oxygens (including phenoxy) is 1. The van der Waals surface area contributed by atoms with E-state index >= 15 is 0 Å². The van der Waals surface area contributed by atoms with Gasteiger partial charge in [-0.3, -0.25) is 9.52 Å². The Bertz CT molecular complexity index is 1410. The highest BCUT2D eigenvalue weighted by atomic mass is 32.2. The van der Waals surface area contributed by atoms with Gasteiger partial charge in [-0.2, -0.15) is 13.2 Å². The lowest BCUT2D eigenvalue weighted by Gasteiger charge is -2.34. The van der Waals surface area contributed by atoms with E-state index in [2.05, 4.69) is 35.5 Å². The zero-order chi connectivity index (χ0) is 31.4. The van der Waals surface area contributed by atoms with Crippen molar-refractivity contribution < 1.29 is 22.7 Å². The monoisotopic (exact) mass is 635 g/mol. The van der Waals surface area contributed by atoms with Gasteiger partial charge in [0, 0.05) is 34.1 Å². The lowest BCUT2D eigenvalue weighted by molar-refractivity contribution is -0.190. The number of pyridine rings is 1. The Morgan fingerprint density at radius 1 is 1.14 bits per heavy atom. The van der Waals surface area contributed by atoms with Gasteiger partial charge < -0.3 is 9.64 Å². The number of anilines is 1. The second-order valence-corrected chi connectivity index (χ2v) is 13.2. The van der Waals surface area contributed by atoms with Crippen LogP contribution in [0.3, 0.4) is 0 Å². The summed E-state index contributed by atoms with van der Waals surface area (Å²) in [5.41, 5.74) is -1.37. The minimum Gasteiger partial charge on any atom is -0.477 e.